The Morgan fingerprint density at radius 1 is 1.39 bits per heavy atom. The molecule has 1 fully saturated rings. The van der Waals surface area contributed by atoms with Crippen molar-refractivity contribution >= 4 is 22.6 Å². The van der Waals surface area contributed by atoms with Crippen LogP contribution < -0.4 is 20.8 Å². The van der Waals surface area contributed by atoms with Gasteiger partial charge in [0.05, 0.1) is 22.9 Å². The summed E-state index contributed by atoms with van der Waals surface area (Å²) in [4.78, 5) is 25.4. The van der Waals surface area contributed by atoms with Gasteiger partial charge in [0.2, 0.25) is 11.9 Å². The van der Waals surface area contributed by atoms with Crippen LogP contribution in [0.25, 0.3) is 10.9 Å². The minimum Gasteiger partial charge on any atom is -0.487 e. The summed E-state index contributed by atoms with van der Waals surface area (Å²) in [5, 5.41) is 9.17. The van der Waals surface area contributed by atoms with E-state index in [9.17, 15) is 27.9 Å². The zero-order chi connectivity index (χ0) is 20.3. The van der Waals surface area contributed by atoms with Crippen LogP contribution in [0.5, 0.6) is 5.75 Å². The van der Waals surface area contributed by atoms with Gasteiger partial charge in [0, 0.05) is 25.3 Å². The van der Waals surface area contributed by atoms with Crippen molar-refractivity contribution < 1.29 is 27.8 Å². The molecule has 0 amide bonds. The van der Waals surface area contributed by atoms with Crippen molar-refractivity contribution in [1.82, 2.24) is 4.57 Å². The van der Waals surface area contributed by atoms with Gasteiger partial charge in [-0.25, -0.2) is 18.0 Å². The summed E-state index contributed by atoms with van der Waals surface area (Å²) in [6.07, 6.45) is -1.43. The third kappa shape index (κ3) is 2.62. The van der Waals surface area contributed by atoms with Crippen LogP contribution in [0.1, 0.15) is 23.3 Å². The van der Waals surface area contributed by atoms with E-state index in [1.165, 1.54) is 11.1 Å². The Morgan fingerprint density at radius 3 is 2.71 bits per heavy atom. The molecule has 2 aliphatic heterocycles. The molecule has 10 heteroatoms. The number of carboxylic acids is 1. The Kier molecular flexibility index (Phi) is 4.25. The Hall–Kier alpha value is -2.75. The molecule has 2 unspecified atom stereocenters. The molecule has 0 radical (unpaired) electrons. The normalized spacial score (nSPS) is 24.1. The SMILES string of the molecule is C[C@H]1COc2c(N3CC(N)C(C(F)F)C3)c(F)cc3c(=O)c(C(=O)O)cn1c23. The number of halogens is 3. The average Bonchev–Trinajstić information content (AvgIpc) is 3.00. The minimum atomic E-state index is -2.64. The highest BCUT2D eigenvalue weighted by atomic mass is 19.3. The van der Waals surface area contributed by atoms with Crippen molar-refractivity contribution in [3.8, 4) is 5.75 Å². The number of nitrogens with zero attached hydrogens (tertiary/aromatic N) is 2. The van der Waals surface area contributed by atoms with Gasteiger partial charge in [0.15, 0.2) is 11.6 Å². The monoisotopic (exact) mass is 397 g/mol. The van der Waals surface area contributed by atoms with E-state index in [1.54, 1.807) is 11.5 Å². The Morgan fingerprint density at radius 2 is 2.11 bits per heavy atom. The fraction of sp³-hybridized carbons (Fsp3) is 0.444. The number of ether oxygens (including phenoxy) is 1. The van der Waals surface area contributed by atoms with Gasteiger partial charge >= 0.3 is 5.97 Å². The molecule has 2 aliphatic rings. The number of aromatic carboxylic acids is 1. The van der Waals surface area contributed by atoms with E-state index in [0.717, 1.165) is 6.07 Å². The number of hydrogen-bond donors (Lipinski definition) is 2. The molecule has 1 saturated heterocycles. The second-order valence-corrected chi connectivity index (χ2v) is 7.24. The Labute approximate surface area is 157 Å². The highest BCUT2D eigenvalue weighted by molar-refractivity contribution is 5.97. The molecule has 3 N–H and O–H groups in total. The van der Waals surface area contributed by atoms with Crippen molar-refractivity contribution in [2.24, 2.45) is 11.7 Å². The standard InChI is InChI=1S/C18H18F3N3O4/c1-7-6-28-16-13-8(15(25)10(18(26)27)4-24(7)13)2-11(19)14(16)23-3-9(17(20)21)12(22)5-23/h2,4,7,9,12,17H,3,5-6,22H2,1H3,(H,26,27)/t7-,9?,12?/m0/s1. The van der Waals surface area contributed by atoms with Gasteiger partial charge < -0.3 is 25.0 Å². The third-order valence-corrected chi connectivity index (χ3v) is 5.42. The molecule has 0 bridgehead atoms. The maximum Gasteiger partial charge on any atom is 0.341 e. The summed E-state index contributed by atoms with van der Waals surface area (Å²) < 4.78 is 48.6. The molecule has 4 rings (SSSR count). The van der Waals surface area contributed by atoms with E-state index >= 15 is 0 Å². The predicted molar refractivity (Wildman–Crippen MR) is 95.0 cm³/mol. The van der Waals surface area contributed by atoms with Crippen molar-refractivity contribution in [2.75, 3.05) is 24.6 Å². The maximum atomic E-state index is 15.0. The van der Waals surface area contributed by atoms with Gasteiger partial charge in [-0.3, -0.25) is 4.79 Å². The van der Waals surface area contributed by atoms with Crippen molar-refractivity contribution in [3.05, 3.63) is 33.9 Å². The van der Waals surface area contributed by atoms with Crippen LogP contribution in [0, 0.1) is 11.7 Å². The molecule has 1 aromatic heterocycles. The number of hydrogen-bond acceptors (Lipinski definition) is 5. The van der Waals surface area contributed by atoms with E-state index < -0.39 is 41.2 Å². The molecule has 2 aromatic rings. The molecule has 7 nitrogen and oxygen atoms in total. The van der Waals surface area contributed by atoms with E-state index in [0.29, 0.717) is 0 Å². The van der Waals surface area contributed by atoms with Crippen molar-refractivity contribution in [1.29, 1.82) is 0 Å². The number of alkyl halides is 2. The first-order valence-electron chi connectivity index (χ1n) is 8.76. The molecule has 3 atom stereocenters. The molecule has 0 saturated carbocycles. The molecule has 0 spiro atoms. The van der Waals surface area contributed by atoms with E-state index in [-0.39, 0.29) is 48.1 Å². The summed E-state index contributed by atoms with van der Waals surface area (Å²) in [5.74, 6) is -3.32. The van der Waals surface area contributed by atoms with Crippen LogP contribution in [-0.4, -0.2) is 47.8 Å². The Bertz CT molecular complexity index is 1040. The zero-order valence-electron chi connectivity index (χ0n) is 14.9. The molecule has 1 aromatic carbocycles. The minimum absolute atomic E-state index is 0.0147. The van der Waals surface area contributed by atoms with Gasteiger partial charge in [-0.2, -0.15) is 0 Å². The Balaban J connectivity index is 1.97. The van der Waals surface area contributed by atoms with Gasteiger partial charge in [0.1, 0.15) is 17.9 Å². The van der Waals surface area contributed by atoms with Crippen LogP contribution in [0.15, 0.2) is 17.1 Å². The number of rotatable bonds is 3. The molecule has 3 heterocycles. The van der Waals surface area contributed by atoms with Crippen LogP contribution in [0.4, 0.5) is 18.9 Å². The largest absolute Gasteiger partial charge is 0.487 e. The van der Waals surface area contributed by atoms with Crippen molar-refractivity contribution in [3.63, 3.8) is 0 Å². The highest BCUT2D eigenvalue weighted by Crippen LogP contribution is 2.43. The first-order chi connectivity index (χ1) is 13.2. The number of aromatic nitrogens is 1. The molecular weight excluding hydrogens is 379 g/mol. The number of benzene rings is 1. The molecular formula is C18H18F3N3O4. The maximum absolute atomic E-state index is 15.0. The summed E-state index contributed by atoms with van der Waals surface area (Å²) >= 11 is 0. The number of anilines is 1. The lowest BCUT2D eigenvalue weighted by molar-refractivity contribution is 0.0694. The second kappa shape index (κ2) is 6.40. The van der Waals surface area contributed by atoms with Crippen LogP contribution in [-0.2, 0) is 0 Å². The number of nitrogens with two attached hydrogens (primary N) is 1. The average molecular weight is 397 g/mol. The van der Waals surface area contributed by atoms with Gasteiger partial charge in [-0.15, -0.1) is 0 Å². The topological polar surface area (TPSA) is 97.8 Å². The van der Waals surface area contributed by atoms with E-state index in [2.05, 4.69) is 0 Å². The predicted octanol–water partition coefficient (Wildman–Crippen LogP) is 1.82. The summed E-state index contributed by atoms with van der Waals surface area (Å²) in [5.41, 5.74) is 4.72. The summed E-state index contributed by atoms with van der Waals surface area (Å²) in [6, 6.07) is -0.190. The van der Waals surface area contributed by atoms with Crippen LogP contribution in [0.3, 0.4) is 0 Å². The summed E-state index contributed by atoms with van der Waals surface area (Å²) in [6.45, 7) is 1.74. The lowest BCUT2D eigenvalue weighted by atomic mass is 10.1. The number of carbonyl (C=O) groups is 1. The molecule has 150 valence electrons. The fourth-order valence-corrected chi connectivity index (χ4v) is 3.96. The molecule has 28 heavy (non-hydrogen) atoms. The lowest BCUT2D eigenvalue weighted by Crippen LogP contribution is -2.33. The number of carboxylic acid groups (broad SMARTS) is 1. The summed E-state index contributed by atoms with van der Waals surface area (Å²) in [7, 11) is 0. The van der Waals surface area contributed by atoms with E-state index in [4.69, 9.17) is 10.5 Å². The van der Waals surface area contributed by atoms with Crippen LogP contribution in [0.2, 0.25) is 0 Å². The quantitative estimate of drug-likeness (QED) is 0.820. The van der Waals surface area contributed by atoms with Gasteiger partial charge in [-0.05, 0) is 13.0 Å². The van der Waals surface area contributed by atoms with Gasteiger partial charge in [0.25, 0.3) is 0 Å². The highest BCUT2D eigenvalue weighted by Gasteiger charge is 2.39. The number of pyridine rings is 1. The second-order valence-electron chi connectivity index (χ2n) is 7.24. The van der Waals surface area contributed by atoms with Gasteiger partial charge in [-0.1, -0.05) is 0 Å². The molecule has 0 aliphatic carbocycles. The smallest absolute Gasteiger partial charge is 0.341 e. The first kappa shape index (κ1) is 18.6. The zero-order valence-corrected chi connectivity index (χ0v) is 14.9. The van der Waals surface area contributed by atoms with Crippen LogP contribution >= 0.6 is 0 Å². The first-order valence-corrected chi connectivity index (χ1v) is 8.76. The third-order valence-electron chi connectivity index (χ3n) is 5.42. The van der Waals surface area contributed by atoms with E-state index in [1.807, 2.05) is 0 Å². The lowest BCUT2D eigenvalue weighted by Gasteiger charge is -2.31. The fourth-order valence-electron chi connectivity index (χ4n) is 3.96. The van der Waals surface area contributed by atoms with Crippen molar-refractivity contribution in [2.45, 2.75) is 25.4 Å².